The fraction of sp³-hybridized carbons (Fsp3) is 0.600. The van der Waals surface area contributed by atoms with E-state index in [1.807, 2.05) is 0 Å². The summed E-state index contributed by atoms with van der Waals surface area (Å²) in [6, 6.07) is 0. The molecule has 0 aliphatic carbocycles. The van der Waals surface area contributed by atoms with Crippen LogP contribution in [0.5, 0.6) is 0 Å². The first-order valence-electron chi connectivity index (χ1n) is 2.57. The average Bonchev–Trinajstić information content (AvgIpc) is 1.68. The third-order valence-corrected chi connectivity index (χ3v) is 0.694. The minimum atomic E-state index is -0.0255. The quantitative estimate of drug-likeness (QED) is 0.510. The highest BCUT2D eigenvalue weighted by atomic mass is 16.1. The Morgan fingerprint density at radius 2 is 2.38 bits per heavy atom. The molecule has 0 aromatic rings. The number of amides is 1. The predicted octanol–water partition coefficient (Wildman–Crippen LogP) is -0.715. The molecule has 0 fully saturated rings. The van der Waals surface area contributed by atoms with E-state index in [1.165, 1.54) is 0 Å². The Labute approximate surface area is 49.3 Å². The molecule has 8 heavy (non-hydrogen) atoms. The van der Waals surface area contributed by atoms with Crippen molar-refractivity contribution in [1.29, 1.82) is 0 Å². The van der Waals surface area contributed by atoms with Gasteiger partial charge < -0.3 is 11.1 Å². The molecule has 0 aliphatic heterocycles. The van der Waals surface area contributed by atoms with Crippen LogP contribution in [0.3, 0.4) is 0 Å². The number of hydrogen-bond donors (Lipinski definition) is 2. The molecule has 47 valence electrons. The fourth-order valence-electron chi connectivity index (χ4n) is 0.359. The van der Waals surface area contributed by atoms with Crippen LogP contribution in [0.1, 0.15) is 6.42 Å². The highest BCUT2D eigenvalue weighted by Gasteiger charge is 1.92. The normalized spacial score (nSPS) is 8.75. The van der Waals surface area contributed by atoms with E-state index in [1.54, 1.807) is 0 Å². The van der Waals surface area contributed by atoms with E-state index in [2.05, 4.69) is 12.2 Å². The van der Waals surface area contributed by atoms with Crippen LogP contribution < -0.4 is 11.1 Å². The van der Waals surface area contributed by atoms with Gasteiger partial charge in [-0.05, 0) is 6.92 Å². The van der Waals surface area contributed by atoms with Crippen molar-refractivity contribution >= 4 is 5.91 Å². The Bertz CT molecular complexity index is 64.8. The fourth-order valence-corrected chi connectivity index (χ4v) is 0.359. The van der Waals surface area contributed by atoms with E-state index in [0.717, 1.165) is 0 Å². The van der Waals surface area contributed by atoms with E-state index in [0.29, 0.717) is 19.5 Å². The summed E-state index contributed by atoms with van der Waals surface area (Å²) < 4.78 is 0. The lowest BCUT2D eigenvalue weighted by Gasteiger charge is -1.96. The number of carbonyl (C=O) groups excluding carboxylic acids is 1. The molecule has 0 aliphatic rings. The zero-order chi connectivity index (χ0) is 6.41. The summed E-state index contributed by atoms with van der Waals surface area (Å²) in [6.45, 7) is 4.29. The molecule has 0 saturated carbocycles. The van der Waals surface area contributed by atoms with Gasteiger partial charge in [0, 0.05) is 19.5 Å². The second-order valence-corrected chi connectivity index (χ2v) is 1.39. The van der Waals surface area contributed by atoms with Gasteiger partial charge in [0.1, 0.15) is 0 Å². The van der Waals surface area contributed by atoms with Gasteiger partial charge in [0.2, 0.25) is 5.91 Å². The van der Waals surface area contributed by atoms with Gasteiger partial charge in [-0.25, -0.2) is 0 Å². The molecule has 1 amide bonds. The molecule has 0 aromatic heterocycles. The molecule has 3 nitrogen and oxygen atoms in total. The molecule has 0 bridgehead atoms. The summed E-state index contributed by atoms with van der Waals surface area (Å²) in [5.74, 6) is -0.0255. The van der Waals surface area contributed by atoms with Crippen LogP contribution in [0.2, 0.25) is 0 Å². The topological polar surface area (TPSA) is 55.1 Å². The molecule has 0 atom stereocenters. The van der Waals surface area contributed by atoms with Gasteiger partial charge in [0.15, 0.2) is 0 Å². The molecule has 0 heterocycles. The molecular formula is C5H11N2O. The summed E-state index contributed by atoms with van der Waals surface area (Å²) in [6.07, 6.45) is 0.398. The zero-order valence-corrected chi connectivity index (χ0v) is 4.81. The van der Waals surface area contributed by atoms with E-state index in [-0.39, 0.29) is 5.91 Å². The molecule has 0 rings (SSSR count). The van der Waals surface area contributed by atoms with Gasteiger partial charge in [-0.1, -0.05) is 0 Å². The van der Waals surface area contributed by atoms with Crippen LogP contribution in [-0.2, 0) is 4.79 Å². The Morgan fingerprint density at radius 1 is 1.75 bits per heavy atom. The van der Waals surface area contributed by atoms with E-state index >= 15 is 0 Å². The molecule has 1 radical (unpaired) electrons. The highest BCUT2D eigenvalue weighted by molar-refractivity contribution is 5.75. The molecule has 3 heteroatoms. The minimum Gasteiger partial charge on any atom is -0.356 e. The lowest BCUT2D eigenvalue weighted by molar-refractivity contribution is -0.120. The van der Waals surface area contributed by atoms with Crippen molar-refractivity contribution in [3.8, 4) is 0 Å². The van der Waals surface area contributed by atoms with Crippen LogP contribution >= 0.6 is 0 Å². The van der Waals surface area contributed by atoms with Gasteiger partial charge in [0.25, 0.3) is 0 Å². The first-order valence-corrected chi connectivity index (χ1v) is 2.57. The average molecular weight is 115 g/mol. The Balaban J connectivity index is 3.06. The van der Waals surface area contributed by atoms with Crippen LogP contribution in [0.15, 0.2) is 0 Å². The molecule has 0 unspecified atom stereocenters. The monoisotopic (exact) mass is 115 g/mol. The smallest absolute Gasteiger partial charge is 0.221 e. The lowest BCUT2D eigenvalue weighted by Crippen LogP contribution is -2.24. The first kappa shape index (κ1) is 7.43. The highest BCUT2D eigenvalue weighted by Crippen LogP contribution is 1.71. The van der Waals surface area contributed by atoms with Crippen molar-refractivity contribution in [3.63, 3.8) is 0 Å². The molecule has 0 saturated heterocycles. The largest absolute Gasteiger partial charge is 0.356 e. The molecule has 0 spiro atoms. The summed E-state index contributed by atoms with van der Waals surface area (Å²) in [4.78, 5) is 10.4. The maximum absolute atomic E-state index is 10.4. The Hall–Kier alpha value is -0.570. The summed E-state index contributed by atoms with van der Waals surface area (Å²) in [7, 11) is 0. The van der Waals surface area contributed by atoms with Gasteiger partial charge in [-0.15, -0.1) is 0 Å². The molecule has 3 N–H and O–H groups in total. The van der Waals surface area contributed by atoms with Gasteiger partial charge in [0.05, 0.1) is 0 Å². The van der Waals surface area contributed by atoms with Crippen molar-refractivity contribution < 1.29 is 4.79 Å². The maximum atomic E-state index is 10.4. The molecule has 0 aromatic carbocycles. The van der Waals surface area contributed by atoms with Crippen LogP contribution in [0, 0.1) is 6.92 Å². The minimum absolute atomic E-state index is 0.0255. The molecular weight excluding hydrogens is 104 g/mol. The van der Waals surface area contributed by atoms with Crippen LogP contribution in [0.4, 0.5) is 0 Å². The third kappa shape index (κ3) is 3.61. The lowest BCUT2D eigenvalue weighted by atomic mass is 10.4. The van der Waals surface area contributed by atoms with E-state index < -0.39 is 0 Å². The van der Waals surface area contributed by atoms with E-state index in [4.69, 9.17) is 5.73 Å². The van der Waals surface area contributed by atoms with Gasteiger partial charge in [-0.2, -0.15) is 0 Å². The van der Waals surface area contributed by atoms with E-state index in [9.17, 15) is 4.79 Å². The van der Waals surface area contributed by atoms with Crippen molar-refractivity contribution in [1.82, 2.24) is 5.32 Å². The number of nitrogens with one attached hydrogen (secondary N) is 1. The zero-order valence-electron chi connectivity index (χ0n) is 4.81. The van der Waals surface area contributed by atoms with Crippen molar-refractivity contribution in [3.05, 3.63) is 6.92 Å². The SMILES string of the molecule is [CH2]CNC(=O)CCN. The van der Waals surface area contributed by atoms with Crippen molar-refractivity contribution in [2.75, 3.05) is 13.1 Å². The van der Waals surface area contributed by atoms with Crippen molar-refractivity contribution in [2.45, 2.75) is 6.42 Å². The predicted molar refractivity (Wildman–Crippen MR) is 32.0 cm³/mol. The van der Waals surface area contributed by atoms with Crippen LogP contribution in [0.25, 0.3) is 0 Å². The summed E-state index contributed by atoms with van der Waals surface area (Å²) >= 11 is 0. The second kappa shape index (κ2) is 4.59. The number of hydrogen-bond acceptors (Lipinski definition) is 2. The number of rotatable bonds is 3. The maximum Gasteiger partial charge on any atom is 0.221 e. The Kier molecular flexibility index (Phi) is 4.26. The second-order valence-electron chi connectivity index (χ2n) is 1.39. The van der Waals surface area contributed by atoms with Gasteiger partial charge in [-0.3, -0.25) is 4.79 Å². The van der Waals surface area contributed by atoms with Crippen LogP contribution in [-0.4, -0.2) is 19.0 Å². The van der Waals surface area contributed by atoms with Crippen molar-refractivity contribution in [2.24, 2.45) is 5.73 Å². The number of carbonyl (C=O) groups is 1. The van der Waals surface area contributed by atoms with Gasteiger partial charge >= 0.3 is 0 Å². The summed E-state index contributed by atoms with van der Waals surface area (Å²) in [5.41, 5.74) is 5.08. The standard InChI is InChI=1S/C5H11N2O/c1-2-7-5(8)3-4-6/h1-4,6H2,(H,7,8). The Morgan fingerprint density at radius 3 is 2.75 bits per heavy atom. The first-order chi connectivity index (χ1) is 3.81. The summed E-state index contributed by atoms with van der Waals surface area (Å²) in [5, 5.41) is 2.52. The number of nitrogens with two attached hydrogens (primary N) is 1. The third-order valence-electron chi connectivity index (χ3n) is 0.694.